The quantitative estimate of drug-likeness (QED) is 0.675. The number of carbonyl (C=O) groups is 1. The van der Waals surface area contributed by atoms with Crippen LogP contribution < -0.4 is 0 Å². The summed E-state index contributed by atoms with van der Waals surface area (Å²) in [5.41, 5.74) is 1.47. The number of rotatable bonds is 2. The molecule has 3 heteroatoms. The average molecular weight is 192 g/mol. The van der Waals surface area contributed by atoms with Gasteiger partial charge in [0.05, 0.1) is 11.6 Å². The smallest absolute Gasteiger partial charge is 0.252 e. The lowest BCUT2D eigenvalue weighted by Crippen LogP contribution is -1.91. The highest BCUT2D eigenvalue weighted by Gasteiger charge is 2.04. The first-order chi connectivity index (χ1) is 6.19. The lowest BCUT2D eigenvalue weighted by molar-refractivity contribution is 0.108. The molecule has 64 valence electrons. The van der Waals surface area contributed by atoms with Crippen molar-refractivity contribution >= 4 is 22.9 Å². The summed E-state index contributed by atoms with van der Waals surface area (Å²) in [7, 11) is 0. The Hall–Kier alpha value is -1.59. The maximum atomic E-state index is 10.8. The molecule has 0 N–H and O–H groups in total. The molecule has 0 saturated heterocycles. The number of hydrogen-bond donors (Lipinski definition) is 0. The van der Waals surface area contributed by atoms with Gasteiger partial charge in [-0.05, 0) is 35.4 Å². The molecular weight excluding hydrogens is 186 g/mol. The number of benzene rings is 1. The first-order valence-electron chi connectivity index (χ1n) is 3.55. The van der Waals surface area contributed by atoms with E-state index in [0.717, 1.165) is 0 Å². The number of carbonyl (C=O) groups excluding carboxylic acids is 1. The summed E-state index contributed by atoms with van der Waals surface area (Å²) in [4.78, 5) is 10.8. The van der Waals surface area contributed by atoms with Gasteiger partial charge in [-0.25, -0.2) is 0 Å². The number of halogens is 1. The van der Waals surface area contributed by atoms with Crippen LogP contribution in [0.2, 0.25) is 0 Å². The highest BCUT2D eigenvalue weighted by atomic mass is 35.5. The maximum Gasteiger partial charge on any atom is 0.252 e. The summed E-state index contributed by atoms with van der Waals surface area (Å²) in [6.07, 6.45) is 1.52. The van der Waals surface area contributed by atoms with Crippen LogP contribution in [0.1, 0.15) is 21.5 Å². The highest BCUT2D eigenvalue weighted by molar-refractivity contribution is 6.67. The van der Waals surface area contributed by atoms with E-state index in [1.807, 2.05) is 6.07 Å². The summed E-state index contributed by atoms with van der Waals surface area (Å²) in [5, 5.41) is 8.13. The van der Waals surface area contributed by atoms with E-state index in [2.05, 4.69) is 6.58 Å². The van der Waals surface area contributed by atoms with Crippen molar-refractivity contribution in [2.24, 2.45) is 0 Å². The Bertz CT molecular complexity index is 404. The van der Waals surface area contributed by atoms with Crippen LogP contribution in [0.3, 0.4) is 0 Å². The van der Waals surface area contributed by atoms with Crippen molar-refractivity contribution in [3.05, 3.63) is 41.5 Å². The molecule has 0 fully saturated rings. The second kappa shape index (κ2) is 3.88. The van der Waals surface area contributed by atoms with Gasteiger partial charge in [-0.15, -0.1) is 0 Å². The molecule has 0 amide bonds. The van der Waals surface area contributed by atoms with E-state index >= 15 is 0 Å². The molecule has 2 nitrogen and oxygen atoms in total. The Morgan fingerprint density at radius 3 is 2.77 bits per heavy atom. The van der Waals surface area contributed by atoms with E-state index in [9.17, 15) is 4.79 Å². The lowest BCUT2D eigenvalue weighted by atomic mass is 10.1. The molecular formula is C10H6ClNO. The highest BCUT2D eigenvalue weighted by Crippen LogP contribution is 2.13. The van der Waals surface area contributed by atoms with E-state index < -0.39 is 5.24 Å². The Balaban J connectivity index is 3.30. The summed E-state index contributed by atoms with van der Waals surface area (Å²) < 4.78 is 0. The van der Waals surface area contributed by atoms with Gasteiger partial charge >= 0.3 is 0 Å². The van der Waals surface area contributed by atoms with E-state index in [1.54, 1.807) is 12.1 Å². The monoisotopic (exact) mass is 191 g/mol. The van der Waals surface area contributed by atoms with E-state index in [1.165, 1.54) is 12.1 Å². The lowest BCUT2D eigenvalue weighted by Gasteiger charge is -1.98. The third-order valence-electron chi connectivity index (χ3n) is 1.62. The van der Waals surface area contributed by atoms with Gasteiger partial charge in [0.15, 0.2) is 0 Å². The predicted octanol–water partition coefficient (Wildman–Crippen LogP) is 2.58. The van der Waals surface area contributed by atoms with Crippen LogP contribution in [0.15, 0.2) is 24.8 Å². The van der Waals surface area contributed by atoms with Crippen molar-refractivity contribution < 1.29 is 4.79 Å². The van der Waals surface area contributed by atoms with Crippen molar-refractivity contribution in [1.82, 2.24) is 0 Å². The van der Waals surface area contributed by atoms with Crippen LogP contribution in [-0.4, -0.2) is 5.24 Å². The Morgan fingerprint density at radius 2 is 2.31 bits per heavy atom. The Morgan fingerprint density at radius 1 is 1.62 bits per heavy atom. The minimum absolute atomic E-state index is 0.371. The molecule has 0 aliphatic rings. The molecule has 1 rings (SSSR count). The molecule has 0 atom stereocenters. The molecule has 0 aliphatic heterocycles. The summed E-state index contributed by atoms with van der Waals surface area (Å²) >= 11 is 5.27. The zero-order valence-electron chi connectivity index (χ0n) is 6.75. The van der Waals surface area contributed by atoms with Crippen molar-refractivity contribution in [3.63, 3.8) is 0 Å². The zero-order chi connectivity index (χ0) is 9.84. The topological polar surface area (TPSA) is 40.9 Å². The number of nitriles is 1. The van der Waals surface area contributed by atoms with Crippen molar-refractivity contribution in [1.29, 1.82) is 5.26 Å². The average Bonchev–Trinajstić information content (AvgIpc) is 2.16. The predicted molar refractivity (Wildman–Crippen MR) is 51.4 cm³/mol. The Labute approximate surface area is 81.1 Å². The van der Waals surface area contributed by atoms with Gasteiger partial charge in [0.1, 0.15) is 0 Å². The molecule has 0 aliphatic carbocycles. The zero-order valence-corrected chi connectivity index (χ0v) is 7.51. The van der Waals surface area contributed by atoms with E-state index in [-0.39, 0.29) is 0 Å². The van der Waals surface area contributed by atoms with Gasteiger partial charge in [-0.1, -0.05) is 12.7 Å². The van der Waals surface area contributed by atoms with Gasteiger partial charge in [0, 0.05) is 5.56 Å². The van der Waals surface area contributed by atoms with Gasteiger partial charge < -0.3 is 0 Å². The third-order valence-corrected chi connectivity index (χ3v) is 1.84. The van der Waals surface area contributed by atoms with Crippen molar-refractivity contribution in [2.45, 2.75) is 0 Å². The molecule has 0 saturated carbocycles. The van der Waals surface area contributed by atoms with Crippen LogP contribution in [0, 0.1) is 11.3 Å². The molecule has 0 heterocycles. The fourth-order valence-electron chi connectivity index (χ4n) is 0.956. The summed E-state index contributed by atoms with van der Waals surface area (Å²) in [6.45, 7) is 3.53. The van der Waals surface area contributed by atoms with E-state index in [4.69, 9.17) is 16.9 Å². The molecule has 0 radical (unpaired) electrons. The molecule has 0 unspecified atom stereocenters. The maximum absolute atomic E-state index is 10.8. The molecule has 1 aromatic rings. The summed E-state index contributed by atoms with van der Waals surface area (Å²) in [6, 6.07) is 6.59. The first kappa shape index (κ1) is 9.50. The number of hydrogen-bond acceptors (Lipinski definition) is 2. The fourth-order valence-corrected chi connectivity index (χ4v) is 1.07. The van der Waals surface area contributed by atoms with Crippen LogP contribution in [0.25, 0.3) is 6.08 Å². The minimum Gasteiger partial charge on any atom is -0.276 e. The molecule has 1 aromatic carbocycles. The van der Waals surface area contributed by atoms with Crippen LogP contribution >= 0.6 is 11.6 Å². The van der Waals surface area contributed by atoms with Gasteiger partial charge in [0.25, 0.3) is 5.24 Å². The second-order valence-electron chi connectivity index (χ2n) is 2.39. The SMILES string of the molecule is C=Cc1cc(C(=O)Cl)ccc1C#N. The molecule has 0 bridgehead atoms. The van der Waals surface area contributed by atoms with Crippen molar-refractivity contribution in [3.8, 4) is 6.07 Å². The standard InChI is InChI=1S/C10H6ClNO/c1-2-7-5-8(10(11)13)3-4-9(7)6-12/h2-5H,1H2. The molecule has 0 spiro atoms. The number of nitrogens with zero attached hydrogens (tertiary/aromatic N) is 1. The van der Waals surface area contributed by atoms with Gasteiger partial charge in [-0.2, -0.15) is 5.26 Å². The molecule has 0 aromatic heterocycles. The third kappa shape index (κ3) is 1.95. The molecule has 13 heavy (non-hydrogen) atoms. The largest absolute Gasteiger partial charge is 0.276 e. The van der Waals surface area contributed by atoms with Gasteiger partial charge in [-0.3, -0.25) is 4.79 Å². The summed E-state index contributed by atoms with van der Waals surface area (Å²) in [5.74, 6) is 0. The Kier molecular flexibility index (Phi) is 2.84. The van der Waals surface area contributed by atoms with E-state index in [0.29, 0.717) is 16.7 Å². The van der Waals surface area contributed by atoms with Crippen molar-refractivity contribution in [2.75, 3.05) is 0 Å². The van der Waals surface area contributed by atoms with Crippen LogP contribution in [0.5, 0.6) is 0 Å². The minimum atomic E-state index is -0.535. The second-order valence-corrected chi connectivity index (χ2v) is 2.73. The van der Waals surface area contributed by atoms with Crippen LogP contribution in [-0.2, 0) is 0 Å². The first-order valence-corrected chi connectivity index (χ1v) is 3.93. The van der Waals surface area contributed by atoms with Gasteiger partial charge in [0.2, 0.25) is 0 Å². The normalized spacial score (nSPS) is 8.92. The fraction of sp³-hybridized carbons (Fsp3) is 0. The van der Waals surface area contributed by atoms with Crippen LogP contribution in [0.4, 0.5) is 0 Å².